The van der Waals surface area contributed by atoms with Crippen LogP contribution in [0.3, 0.4) is 0 Å². The Balaban J connectivity index is 2.40. The summed E-state index contributed by atoms with van der Waals surface area (Å²) in [6.45, 7) is 0. The zero-order valence-electron chi connectivity index (χ0n) is 9.00. The molecule has 18 heavy (non-hydrogen) atoms. The summed E-state index contributed by atoms with van der Waals surface area (Å²) in [5, 5.41) is 11.7. The normalized spacial score (nSPS) is 12.5. The van der Waals surface area contributed by atoms with E-state index in [2.05, 4.69) is 15.9 Å². The Morgan fingerprint density at radius 3 is 2.22 bits per heavy atom. The van der Waals surface area contributed by atoms with E-state index in [0.29, 0.717) is 26.2 Å². The Kier molecular flexibility index (Phi) is 4.57. The van der Waals surface area contributed by atoms with Crippen molar-refractivity contribution in [2.75, 3.05) is 0 Å². The summed E-state index contributed by atoms with van der Waals surface area (Å²) in [5.74, 6) is 0. The van der Waals surface area contributed by atoms with Crippen molar-refractivity contribution in [2.45, 2.75) is 6.10 Å². The molecule has 0 amide bonds. The van der Waals surface area contributed by atoms with Gasteiger partial charge in [-0.25, -0.2) is 0 Å². The Morgan fingerprint density at radius 1 is 0.889 bits per heavy atom. The molecule has 2 rings (SSSR count). The molecule has 0 radical (unpaired) electrons. The van der Waals surface area contributed by atoms with Gasteiger partial charge in [0.25, 0.3) is 0 Å². The molecule has 1 nitrogen and oxygen atoms in total. The first-order chi connectivity index (χ1) is 8.47. The number of hydrogen-bond acceptors (Lipinski definition) is 1. The monoisotopic (exact) mass is 364 g/mol. The molecular formula is C13H8BrCl3O. The molecule has 2 aromatic carbocycles. The van der Waals surface area contributed by atoms with Crippen LogP contribution in [-0.2, 0) is 0 Å². The molecule has 0 bridgehead atoms. The van der Waals surface area contributed by atoms with Crippen LogP contribution in [0.15, 0.2) is 40.9 Å². The maximum Gasteiger partial charge on any atom is 0.104 e. The van der Waals surface area contributed by atoms with Gasteiger partial charge >= 0.3 is 0 Å². The van der Waals surface area contributed by atoms with Crippen molar-refractivity contribution in [3.63, 3.8) is 0 Å². The standard InChI is InChI=1S/C13H8BrCl3O/c14-9-3-8(4-10(15)6-9)13(18)7-1-2-11(16)12(17)5-7/h1-6,13,18H. The molecule has 0 fully saturated rings. The summed E-state index contributed by atoms with van der Waals surface area (Å²) in [4.78, 5) is 0. The molecule has 0 aromatic heterocycles. The van der Waals surface area contributed by atoms with E-state index in [1.807, 2.05) is 0 Å². The topological polar surface area (TPSA) is 20.2 Å². The third-order valence-electron chi connectivity index (χ3n) is 2.46. The van der Waals surface area contributed by atoms with E-state index in [1.54, 1.807) is 36.4 Å². The minimum absolute atomic E-state index is 0.411. The second kappa shape index (κ2) is 5.81. The fourth-order valence-electron chi connectivity index (χ4n) is 1.61. The van der Waals surface area contributed by atoms with E-state index in [-0.39, 0.29) is 0 Å². The number of aliphatic hydroxyl groups is 1. The third-order valence-corrected chi connectivity index (χ3v) is 3.88. The van der Waals surface area contributed by atoms with Crippen LogP contribution in [-0.4, -0.2) is 5.11 Å². The summed E-state index contributed by atoms with van der Waals surface area (Å²) in [7, 11) is 0. The van der Waals surface area contributed by atoms with Crippen LogP contribution < -0.4 is 0 Å². The second-order valence-electron chi connectivity index (χ2n) is 3.78. The lowest BCUT2D eigenvalue weighted by atomic mass is 10.0. The van der Waals surface area contributed by atoms with Crippen molar-refractivity contribution in [3.05, 3.63) is 67.1 Å². The van der Waals surface area contributed by atoms with Crippen LogP contribution in [0.5, 0.6) is 0 Å². The molecule has 2 aromatic rings. The first-order valence-corrected chi connectivity index (χ1v) is 6.99. The minimum atomic E-state index is -0.797. The van der Waals surface area contributed by atoms with Crippen LogP contribution >= 0.6 is 50.7 Å². The predicted molar refractivity (Wildman–Crippen MR) is 79.7 cm³/mol. The van der Waals surface area contributed by atoms with Gasteiger partial charge in [-0.05, 0) is 41.5 Å². The summed E-state index contributed by atoms with van der Waals surface area (Å²) in [6.07, 6.45) is -0.797. The molecular weight excluding hydrogens is 358 g/mol. The van der Waals surface area contributed by atoms with Crippen molar-refractivity contribution in [2.24, 2.45) is 0 Å². The van der Waals surface area contributed by atoms with Crippen LogP contribution in [0, 0.1) is 0 Å². The van der Waals surface area contributed by atoms with Gasteiger partial charge in [0.1, 0.15) is 6.10 Å². The van der Waals surface area contributed by atoms with E-state index < -0.39 is 6.10 Å². The maximum atomic E-state index is 10.3. The highest BCUT2D eigenvalue weighted by Gasteiger charge is 2.13. The zero-order chi connectivity index (χ0) is 13.3. The van der Waals surface area contributed by atoms with E-state index in [4.69, 9.17) is 34.8 Å². The zero-order valence-corrected chi connectivity index (χ0v) is 12.9. The van der Waals surface area contributed by atoms with Gasteiger partial charge in [0.15, 0.2) is 0 Å². The first-order valence-electron chi connectivity index (χ1n) is 5.06. The smallest absolute Gasteiger partial charge is 0.104 e. The average Bonchev–Trinajstić information content (AvgIpc) is 2.30. The van der Waals surface area contributed by atoms with Crippen LogP contribution in [0.25, 0.3) is 0 Å². The SMILES string of the molecule is OC(c1cc(Cl)cc(Br)c1)c1ccc(Cl)c(Cl)c1. The van der Waals surface area contributed by atoms with E-state index in [1.165, 1.54) is 0 Å². The Hall–Kier alpha value is -0.250. The largest absolute Gasteiger partial charge is 0.384 e. The minimum Gasteiger partial charge on any atom is -0.384 e. The average molecular weight is 366 g/mol. The second-order valence-corrected chi connectivity index (χ2v) is 5.95. The number of benzene rings is 2. The lowest BCUT2D eigenvalue weighted by molar-refractivity contribution is 0.220. The fraction of sp³-hybridized carbons (Fsp3) is 0.0769. The van der Waals surface area contributed by atoms with E-state index >= 15 is 0 Å². The molecule has 0 aliphatic rings. The molecule has 0 heterocycles. The maximum absolute atomic E-state index is 10.3. The molecule has 5 heteroatoms. The van der Waals surface area contributed by atoms with Crippen molar-refractivity contribution >= 4 is 50.7 Å². The van der Waals surface area contributed by atoms with Crippen molar-refractivity contribution < 1.29 is 5.11 Å². The highest BCUT2D eigenvalue weighted by Crippen LogP contribution is 2.31. The summed E-state index contributed by atoms with van der Waals surface area (Å²) in [6, 6.07) is 10.3. The van der Waals surface area contributed by atoms with Gasteiger partial charge in [-0.3, -0.25) is 0 Å². The Labute approximate surface area is 128 Å². The number of hydrogen-bond donors (Lipinski definition) is 1. The summed E-state index contributed by atoms with van der Waals surface area (Å²) >= 11 is 21.1. The molecule has 0 spiro atoms. The quantitative estimate of drug-likeness (QED) is 0.745. The number of rotatable bonds is 2. The predicted octanol–water partition coefficient (Wildman–Crippen LogP) is 5.49. The number of aliphatic hydroxyl groups excluding tert-OH is 1. The van der Waals surface area contributed by atoms with Gasteiger partial charge in [-0.2, -0.15) is 0 Å². The van der Waals surface area contributed by atoms with Gasteiger partial charge in [0.2, 0.25) is 0 Å². The number of halogens is 4. The summed E-state index contributed by atoms with van der Waals surface area (Å²) in [5.41, 5.74) is 1.35. The van der Waals surface area contributed by atoms with Gasteiger partial charge in [0.05, 0.1) is 10.0 Å². The van der Waals surface area contributed by atoms with E-state index in [9.17, 15) is 5.11 Å². The van der Waals surface area contributed by atoms with E-state index in [0.717, 1.165) is 4.47 Å². The molecule has 1 atom stereocenters. The third kappa shape index (κ3) is 3.19. The van der Waals surface area contributed by atoms with Crippen LogP contribution in [0.2, 0.25) is 15.1 Å². The lowest BCUT2D eigenvalue weighted by Crippen LogP contribution is -1.99. The van der Waals surface area contributed by atoms with Crippen molar-refractivity contribution in [3.8, 4) is 0 Å². The van der Waals surface area contributed by atoms with Crippen LogP contribution in [0.4, 0.5) is 0 Å². The van der Waals surface area contributed by atoms with Gasteiger partial charge in [-0.1, -0.05) is 56.8 Å². The molecule has 1 N–H and O–H groups in total. The lowest BCUT2D eigenvalue weighted by Gasteiger charge is -2.13. The van der Waals surface area contributed by atoms with Crippen molar-refractivity contribution in [1.29, 1.82) is 0 Å². The molecule has 0 aliphatic heterocycles. The van der Waals surface area contributed by atoms with Crippen LogP contribution in [0.1, 0.15) is 17.2 Å². The summed E-state index contributed by atoms with van der Waals surface area (Å²) < 4.78 is 0.809. The highest BCUT2D eigenvalue weighted by molar-refractivity contribution is 9.10. The Morgan fingerprint density at radius 2 is 1.61 bits per heavy atom. The van der Waals surface area contributed by atoms with Gasteiger partial charge in [-0.15, -0.1) is 0 Å². The molecule has 94 valence electrons. The highest BCUT2D eigenvalue weighted by atomic mass is 79.9. The molecule has 0 aliphatic carbocycles. The first kappa shape index (κ1) is 14.2. The molecule has 0 saturated heterocycles. The molecule has 1 unspecified atom stereocenters. The van der Waals surface area contributed by atoms with Gasteiger partial charge in [0, 0.05) is 9.50 Å². The van der Waals surface area contributed by atoms with Gasteiger partial charge < -0.3 is 5.11 Å². The Bertz CT molecular complexity index is 566. The van der Waals surface area contributed by atoms with Crippen molar-refractivity contribution in [1.82, 2.24) is 0 Å². The fourth-order valence-corrected chi connectivity index (χ4v) is 2.80. The molecule has 0 saturated carbocycles.